The molecule has 6 nitrogen and oxygen atoms in total. The van der Waals surface area contributed by atoms with Crippen molar-refractivity contribution >= 4 is 21.6 Å². The van der Waals surface area contributed by atoms with E-state index in [1.165, 1.54) is 39.1 Å². The number of sulfonamides is 1. The van der Waals surface area contributed by atoms with Gasteiger partial charge in [-0.05, 0) is 55.0 Å². The average molecular weight is 405 g/mol. The number of amides is 1. The Morgan fingerprint density at radius 3 is 2.18 bits per heavy atom. The van der Waals surface area contributed by atoms with Crippen LogP contribution in [0.15, 0.2) is 53.4 Å². The van der Waals surface area contributed by atoms with Crippen LogP contribution in [-0.4, -0.2) is 39.3 Å². The molecule has 28 heavy (non-hydrogen) atoms. The van der Waals surface area contributed by atoms with Crippen LogP contribution in [0, 0.1) is 0 Å². The van der Waals surface area contributed by atoms with Crippen molar-refractivity contribution in [1.29, 1.82) is 0 Å². The molecular weight excluding hydrogens is 376 g/mol. The average Bonchev–Trinajstić information content (AvgIpc) is 2.68. The van der Waals surface area contributed by atoms with Crippen molar-refractivity contribution in [2.45, 2.75) is 37.5 Å². The van der Waals surface area contributed by atoms with Gasteiger partial charge < -0.3 is 10.1 Å². The Hall–Kier alpha value is -2.38. The van der Waals surface area contributed by atoms with E-state index in [9.17, 15) is 13.2 Å². The molecule has 0 saturated carbocycles. The highest BCUT2D eigenvalue weighted by molar-refractivity contribution is 7.89. The molecule has 0 aliphatic rings. The highest BCUT2D eigenvalue weighted by Gasteiger charge is 2.16. The number of anilines is 1. The maximum absolute atomic E-state index is 12.4. The maximum atomic E-state index is 12.4. The van der Waals surface area contributed by atoms with Crippen molar-refractivity contribution in [3.05, 3.63) is 54.1 Å². The number of carbonyl (C=O) groups excluding carboxylic acids is 1. The van der Waals surface area contributed by atoms with E-state index in [-0.39, 0.29) is 10.8 Å². The molecule has 0 unspecified atom stereocenters. The second-order valence-electron chi connectivity index (χ2n) is 6.70. The molecule has 1 amide bonds. The van der Waals surface area contributed by atoms with Crippen LogP contribution in [0.25, 0.3) is 0 Å². The summed E-state index contributed by atoms with van der Waals surface area (Å²) in [5, 5.41) is 2.76. The summed E-state index contributed by atoms with van der Waals surface area (Å²) in [5.41, 5.74) is 1.03. The lowest BCUT2D eigenvalue weighted by molar-refractivity contribution is 0.102. The standard InChI is InChI=1S/C21H28N2O4S/c1-4-5-6-7-16-27-19-12-8-17(9-13-19)21(24)22-18-10-14-20(15-11-18)28(25,26)23(2)3/h8-15H,4-7,16H2,1-3H3,(H,22,24). The van der Waals surface area contributed by atoms with Gasteiger partial charge in [0.15, 0.2) is 0 Å². The molecule has 2 aromatic rings. The van der Waals surface area contributed by atoms with E-state index in [2.05, 4.69) is 12.2 Å². The first-order valence-corrected chi connectivity index (χ1v) is 10.9. The van der Waals surface area contributed by atoms with Crippen molar-refractivity contribution in [3.63, 3.8) is 0 Å². The van der Waals surface area contributed by atoms with Gasteiger partial charge in [-0.2, -0.15) is 0 Å². The molecule has 0 aliphatic carbocycles. The van der Waals surface area contributed by atoms with Crippen LogP contribution >= 0.6 is 0 Å². The first kappa shape index (κ1) is 21.9. The summed E-state index contributed by atoms with van der Waals surface area (Å²) in [5.74, 6) is 0.476. The van der Waals surface area contributed by atoms with Gasteiger partial charge in [0.05, 0.1) is 11.5 Å². The third kappa shape index (κ3) is 6.07. The minimum atomic E-state index is -3.49. The number of hydrogen-bond donors (Lipinski definition) is 1. The number of rotatable bonds is 10. The molecule has 1 N–H and O–H groups in total. The molecular formula is C21H28N2O4S. The second kappa shape index (κ2) is 10.2. The first-order chi connectivity index (χ1) is 13.3. The number of nitrogens with one attached hydrogen (secondary N) is 1. The smallest absolute Gasteiger partial charge is 0.255 e. The summed E-state index contributed by atoms with van der Waals surface area (Å²) < 4.78 is 31.0. The normalized spacial score (nSPS) is 11.4. The molecule has 2 aromatic carbocycles. The van der Waals surface area contributed by atoms with Gasteiger partial charge in [0.25, 0.3) is 5.91 Å². The summed E-state index contributed by atoms with van der Waals surface area (Å²) in [4.78, 5) is 12.5. The lowest BCUT2D eigenvalue weighted by atomic mass is 10.2. The van der Waals surface area contributed by atoms with Crippen LogP contribution in [0.2, 0.25) is 0 Å². The van der Waals surface area contributed by atoms with Crippen LogP contribution in [0.5, 0.6) is 5.75 Å². The Kier molecular flexibility index (Phi) is 8.02. The van der Waals surface area contributed by atoms with Crippen molar-refractivity contribution in [1.82, 2.24) is 4.31 Å². The van der Waals surface area contributed by atoms with Crippen molar-refractivity contribution in [3.8, 4) is 5.75 Å². The van der Waals surface area contributed by atoms with E-state index in [0.717, 1.165) is 22.9 Å². The summed E-state index contributed by atoms with van der Waals surface area (Å²) in [6.45, 7) is 2.85. The molecule has 0 atom stereocenters. The number of hydrogen-bond acceptors (Lipinski definition) is 4. The predicted octanol–water partition coefficient (Wildman–Crippen LogP) is 4.15. The first-order valence-electron chi connectivity index (χ1n) is 9.41. The van der Waals surface area contributed by atoms with Crippen molar-refractivity contribution < 1.29 is 17.9 Å². The molecule has 152 valence electrons. The number of nitrogens with zero attached hydrogens (tertiary/aromatic N) is 1. The van der Waals surface area contributed by atoms with Crippen LogP contribution in [0.3, 0.4) is 0 Å². The minimum Gasteiger partial charge on any atom is -0.494 e. The van der Waals surface area contributed by atoms with Crippen LogP contribution < -0.4 is 10.1 Å². The van der Waals surface area contributed by atoms with Crippen molar-refractivity contribution in [2.75, 3.05) is 26.0 Å². The Bertz CT molecular complexity index is 860. The zero-order valence-corrected chi connectivity index (χ0v) is 17.5. The SMILES string of the molecule is CCCCCCOc1ccc(C(=O)Nc2ccc(S(=O)(=O)N(C)C)cc2)cc1. The number of unbranched alkanes of at least 4 members (excludes halogenated alkanes) is 3. The molecule has 0 radical (unpaired) electrons. The summed E-state index contributed by atoms with van der Waals surface area (Å²) in [7, 11) is -0.534. The maximum Gasteiger partial charge on any atom is 0.255 e. The Labute approximate surface area is 167 Å². The van der Waals surface area contributed by atoms with Gasteiger partial charge in [0, 0.05) is 25.3 Å². The van der Waals surface area contributed by atoms with E-state index >= 15 is 0 Å². The largest absolute Gasteiger partial charge is 0.494 e. The van der Waals surface area contributed by atoms with Gasteiger partial charge in [-0.25, -0.2) is 12.7 Å². The highest BCUT2D eigenvalue weighted by Crippen LogP contribution is 2.18. The summed E-state index contributed by atoms with van der Waals surface area (Å²) in [6.07, 6.45) is 4.59. The predicted molar refractivity (Wildman–Crippen MR) is 111 cm³/mol. The van der Waals surface area contributed by atoms with Gasteiger partial charge in [0.2, 0.25) is 10.0 Å². The lowest BCUT2D eigenvalue weighted by Crippen LogP contribution is -2.22. The van der Waals surface area contributed by atoms with Gasteiger partial charge in [-0.3, -0.25) is 4.79 Å². The lowest BCUT2D eigenvalue weighted by Gasteiger charge is -2.12. The molecule has 2 rings (SSSR count). The zero-order chi connectivity index (χ0) is 20.6. The van der Waals surface area contributed by atoms with Crippen LogP contribution in [0.4, 0.5) is 5.69 Å². The fourth-order valence-corrected chi connectivity index (χ4v) is 3.45. The van der Waals surface area contributed by atoms with E-state index in [1.54, 1.807) is 36.4 Å². The Morgan fingerprint density at radius 1 is 0.964 bits per heavy atom. The van der Waals surface area contributed by atoms with Crippen LogP contribution in [-0.2, 0) is 10.0 Å². The van der Waals surface area contributed by atoms with Crippen LogP contribution in [0.1, 0.15) is 43.0 Å². The molecule has 0 fully saturated rings. The fourth-order valence-electron chi connectivity index (χ4n) is 2.55. The molecule has 0 bridgehead atoms. The van der Waals surface area contributed by atoms with Gasteiger partial charge in [-0.1, -0.05) is 26.2 Å². The minimum absolute atomic E-state index is 0.177. The molecule has 7 heteroatoms. The molecule has 0 saturated heterocycles. The Morgan fingerprint density at radius 2 is 1.61 bits per heavy atom. The van der Waals surface area contributed by atoms with Crippen molar-refractivity contribution in [2.24, 2.45) is 0 Å². The summed E-state index contributed by atoms with van der Waals surface area (Å²) in [6, 6.07) is 13.1. The number of ether oxygens (including phenoxy) is 1. The summed E-state index contributed by atoms with van der Waals surface area (Å²) >= 11 is 0. The monoisotopic (exact) mass is 404 g/mol. The van der Waals surface area contributed by atoms with E-state index in [0.29, 0.717) is 17.9 Å². The number of carbonyl (C=O) groups is 1. The Balaban J connectivity index is 1.92. The van der Waals surface area contributed by atoms with Gasteiger partial charge >= 0.3 is 0 Å². The molecule has 0 spiro atoms. The van der Waals surface area contributed by atoms with E-state index in [4.69, 9.17) is 4.74 Å². The highest BCUT2D eigenvalue weighted by atomic mass is 32.2. The van der Waals surface area contributed by atoms with Gasteiger partial charge in [-0.15, -0.1) is 0 Å². The zero-order valence-electron chi connectivity index (χ0n) is 16.6. The second-order valence-corrected chi connectivity index (χ2v) is 8.85. The fraction of sp³-hybridized carbons (Fsp3) is 0.381. The topological polar surface area (TPSA) is 75.7 Å². The van der Waals surface area contributed by atoms with Gasteiger partial charge in [0.1, 0.15) is 5.75 Å². The molecule has 0 heterocycles. The third-order valence-corrected chi connectivity index (χ3v) is 6.10. The van der Waals surface area contributed by atoms with E-state index in [1.807, 2.05) is 0 Å². The molecule has 0 aliphatic heterocycles. The molecule has 0 aromatic heterocycles. The number of benzene rings is 2. The van der Waals surface area contributed by atoms with E-state index < -0.39 is 10.0 Å². The third-order valence-electron chi connectivity index (χ3n) is 4.27. The quantitative estimate of drug-likeness (QED) is 0.604.